The number of nitrogens with zero attached hydrogens (tertiary/aromatic N) is 3. The molecule has 4 heteroatoms. The molecule has 33 heavy (non-hydrogen) atoms. The van der Waals surface area contributed by atoms with Crippen LogP contribution in [0.25, 0.3) is 38.5 Å². The quantitative estimate of drug-likeness (QED) is 0.203. The van der Waals surface area contributed by atoms with Gasteiger partial charge in [0.05, 0.1) is 6.57 Å². The number of aromatic nitrogens is 2. The predicted molar refractivity (Wildman–Crippen MR) is 129 cm³/mol. The summed E-state index contributed by atoms with van der Waals surface area (Å²) in [5.74, 6) is 0. The van der Waals surface area contributed by atoms with Crippen molar-refractivity contribution in [2.24, 2.45) is 0 Å². The van der Waals surface area contributed by atoms with E-state index in [1.165, 1.54) is 5.56 Å². The number of hydrogen-bond donors (Lipinski definition) is 0. The maximum absolute atomic E-state index is 6.88. The van der Waals surface area contributed by atoms with Crippen LogP contribution in [-0.4, -0.2) is 9.97 Å². The Balaban J connectivity index is 0.000000186. The number of hydrogen-bond acceptors (Lipinski definition) is 2. The molecule has 0 saturated carbocycles. The summed E-state index contributed by atoms with van der Waals surface area (Å²) in [6.07, 6.45) is 3.64. The van der Waals surface area contributed by atoms with E-state index < -0.39 is 0 Å². The summed E-state index contributed by atoms with van der Waals surface area (Å²) < 4.78 is 0. The molecule has 0 aliphatic rings. The van der Waals surface area contributed by atoms with E-state index in [1.807, 2.05) is 85.1 Å². The smallest absolute Gasteiger partial charge is 0.106 e. The average molecular weight is 602 g/mol. The molecule has 0 spiro atoms. The Morgan fingerprint density at radius 3 is 2.06 bits per heavy atom. The second-order valence-electron chi connectivity index (χ2n) is 6.85. The van der Waals surface area contributed by atoms with Crippen molar-refractivity contribution < 1.29 is 20.1 Å². The topological polar surface area (TPSA) is 30.1 Å². The summed E-state index contributed by atoms with van der Waals surface area (Å²) >= 11 is 0. The van der Waals surface area contributed by atoms with E-state index in [9.17, 15) is 0 Å². The van der Waals surface area contributed by atoms with E-state index in [2.05, 4.69) is 45.1 Å². The van der Waals surface area contributed by atoms with Crippen molar-refractivity contribution >= 4 is 5.69 Å². The normalized spacial score (nSPS) is 9.55. The molecule has 1 radical (unpaired) electrons. The first-order valence-electron chi connectivity index (χ1n) is 10.1. The summed E-state index contributed by atoms with van der Waals surface area (Å²) in [5.41, 5.74) is 6.53. The van der Waals surface area contributed by atoms with Crippen molar-refractivity contribution in [3.05, 3.63) is 139 Å². The predicted octanol–water partition coefficient (Wildman–Crippen LogP) is 7.31. The number of benzene rings is 3. The van der Waals surface area contributed by atoms with Gasteiger partial charge in [-0.05, 0) is 28.6 Å². The first kappa shape index (κ1) is 23.8. The van der Waals surface area contributed by atoms with Crippen molar-refractivity contribution in [2.45, 2.75) is 0 Å². The molecule has 0 saturated heterocycles. The first-order chi connectivity index (χ1) is 15.8. The SMILES string of the molecule is [C-]#[N+]c1[c-]c(-c2ccccn2)ccc1.[Ir].[c-]1ccccc1-c1ccc(-c2ccccc2)cn1. The molecule has 0 unspecified atom stereocenters. The Bertz CT molecular complexity index is 1240. The molecule has 5 rings (SSSR count). The largest absolute Gasteiger partial charge is 0.305 e. The van der Waals surface area contributed by atoms with E-state index in [-0.39, 0.29) is 20.1 Å². The fourth-order valence-electron chi connectivity index (χ4n) is 3.10. The standard InChI is InChI=1S/C17H12N.C12H7N2.Ir/c1-3-7-14(8-4-1)16-11-12-17(18-13-16)15-9-5-2-6-10-15;1-13-11-6-4-5-10(9-11)12-7-2-3-8-14-12;/h1-9,11-13H;2-8H;/q2*-1;. The molecule has 0 bridgehead atoms. The van der Waals surface area contributed by atoms with Crippen molar-refractivity contribution in [1.29, 1.82) is 0 Å². The number of pyridine rings is 2. The number of rotatable bonds is 3. The molecule has 2 heterocycles. The van der Waals surface area contributed by atoms with Crippen LogP contribution in [0.15, 0.2) is 116 Å². The molecular weight excluding hydrogens is 583 g/mol. The Morgan fingerprint density at radius 2 is 1.39 bits per heavy atom. The van der Waals surface area contributed by atoms with E-state index in [0.717, 1.165) is 28.1 Å². The molecule has 0 N–H and O–H groups in total. The minimum Gasteiger partial charge on any atom is -0.305 e. The fraction of sp³-hybridized carbons (Fsp3) is 0. The van der Waals surface area contributed by atoms with Crippen molar-refractivity contribution in [1.82, 2.24) is 9.97 Å². The van der Waals surface area contributed by atoms with Crippen molar-refractivity contribution in [3.63, 3.8) is 0 Å². The summed E-state index contributed by atoms with van der Waals surface area (Å²) in [6, 6.07) is 39.6. The molecule has 3 aromatic carbocycles. The van der Waals surface area contributed by atoms with Crippen molar-refractivity contribution in [2.75, 3.05) is 0 Å². The van der Waals surface area contributed by atoms with Gasteiger partial charge in [0.1, 0.15) is 5.69 Å². The van der Waals surface area contributed by atoms with E-state index >= 15 is 0 Å². The zero-order valence-corrected chi connectivity index (χ0v) is 20.0. The van der Waals surface area contributed by atoms with Gasteiger partial charge in [-0.1, -0.05) is 54.6 Å². The molecule has 0 aliphatic carbocycles. The maximum Gasteiger partial charge on any atom is 0.106 e. The zero-order chi connectivity index (χ0) is 22.0. The summed E-state index contributed by atoms with van der Waals surface area (Å²) in [5, 5.41) is 0. The van der Waals surface area contributed by atoms with Gasteiger partial charge in [0.2, 0.25) is 0 Å². The minimum atomic E-state index is 0. The molecule has 2 aromatic heterocycles. The summed E-state index contributed by atoms with van der Waals surface area (Å²) in [7, 11) is 0. The molecule has 0 amide bonds. The van der Waals surface area contributed by atoms with Crippen LogP contribution in [0.2, 0.25) is 0 Å². The Kier molecular flexibility index (Phi) is 8.79. The summed E-state index contributed by atoms with van der Waals surface area (Å²) in [4.78, 5) is 12.0. The fourth-order valence-corrected chi connectivity index (χ4v) is 3.10. The van der Waals surface area contributed by atoms with Gasteiger partial charge in [0.15, 0.2) is 0 Å². The molecule has 0 aliphatic heterocycles. The van der Waals surface area contributed by atoms with Crippen LogP contribution in [-0.2, 0) is 20.1 Å². The van der Waals surface area contributed by atoms with Gasteiger partial charge < -0.3 is 9.97 Å². The first-order valence-corrected chi connectivity index (χ1v) is 10.1. The second kappa shape index (κ2) is 12.2. The Morgan fingerprint density at radius 1 is 0.636 bits per heavy atom. The molecular formula is C29H19IrN3-2. The van der Waals surface area contributed by atoms with Crippen LogP contribution in [0.5, 0.6) is 0 Å². The van der Waals surface area contributed by atoms with Crippen LogP contribution < -0.4 is 0 Å². The molecule has 161 valence electrons. The molecule has 3 nitrogen and oxygen atoms in total. The van der Waals surface area contributed by atoms with Crippen LogP contribution >= 0.6 is 0 Å². The second-order valence-corrected chi connectivity index (χ2v) is 6.85. The minimum absolute atomic E-state index is 0. The van der Waals surface area contributed by atoms with Gasteiger partial charge in [-0.2, -0.15) is 6.07 Å². The van der Waals surface area contributed by atoms with Crippen molar-refractivity contribution in [3.8, 4) is 33.6 Å². The van der Waals surface area contributed by atoms with Gasteiger partial charge >= 0.3 is 0 Å². The van der Waals surface area contributed by atoms with E-state index in [1.54, 1.807) is 12.3 Å². The van der Waals surface area contributed by atoms with Gasteiger partial charge in [-0.25, -0.2) is 0 Å². The monoisotopic (exact) mass is 602 g/mol. The van der Waals surface area contributed by atoms with Crippen LogP contribution in [0.1, 0.15) is 0 Å². The van der Waals surface area contributed by atoms with Gasteiger partial charge in [-0.3, -0.25) is 4.85 Å². The molecule has 5 aromatic rings. The average Bonchev–Trinajstić information content (AvgIpc) is 2.91. The Hall–Kier alpha value is -3.90. The van der Waals surface area contributed by atoms with Gasteiger partial charge in [0.25, 0.3) is 0 Å². The zero-order valence-electron chi connectivity index (χ0n) is 17.6. The van der Waals surface area contributed by atoms with E-state index in [0.29, 0.717) is 5.69 Å². The van der Waals surface area contributed by atoms with Gasteiger partial charge in [0, 0.05) is 32.5 Å². The molecule has 0 atom stereocenters. The van der Waals surface area contributed by atoms with Crippen LogP contribution in [0.3, 0.4) is 0 Å². The summed E-state index contributed by atoms with van der Waals surface area (Å²) in [6.45, 7) is 6.88. The molecule has 0 fully saturated rings. The van der Waals surface area contributed by atoms with Crippen LogP contribution in [0, 0.1) is 18.7 Å². The third-order valence-electron chi connectivity index (χ3n) is 4.70. The third-order valence-corrected chi connectivity index (χ3v) is 4.70. The van der Waals surface area contributed by atoms with Crippen LogP contribution in [0.4, 0.5) is 5.69 Å². The maximum atomic E-state index is 6.88. The van der Waals surface area contributed by atoms with E-state index in [4.69, 9.17) is 6.57 Å². The van der Waals surface area contributed by atoms with Gasteiger partial charge in [-0.15, -0.1) is 59.7 Å². The third kappa shape index (κ3) is 6.54. The Labute approximate surface area is 208 Å².